The molecule has 3 N–H and O–H groups in total. The summed E-state index contributed by atoms with van der Waals surface area (Å²) in [4.78, 5) is 17.2. The topological polar surface area (TPSA) is 141 Å². The standard InChI is InChI=1S/C23H19FN4O5S3/c1-2-13-28-20-12-11-19(35(25,30)31)14-21(20)34-23(28)26-22(29)15-3-7-17(8-4-15)27-36(32,33)18-9-5-16(24)6-10-18/h2-12,14,27H,1,13H2,(H2,25,30,31). The largest absolute Gasteiger partial charge is 0.312 e. The zero-order valence-electron chi connectivity index (χ0n) is 18.5. The molecule has 0 aliphatic carbocycles. The van der Waals surface area contributed by atoms with Crippen LogP contribution in [0.3, 0.4) is 0 Å². The summed E-state index contributed by atoms with van der Waals surface area (Å²) in [5.41, 5.74) is 1.06. The minimum atomic E-state index is -3.94. The van der Waals surface area contributed by atoms with Crippen LogP contribution in [0.4, 0.5) is 10.1 Å². The van der Waals surface area contributed by atoms with Crippen molar-refractivity contribution in [3.8, 4) is 0 Å². The van der Waals surface area contributed by atoms with Crippen molar-refractivity contribution in [2.75, 3.05) is 4.72 Å². The van der Waals surface area contributed by atoms with Gasteiger partial charge in [0.2, 0.25) is 10.0 Å². The van der Waals surface area contributed by atoms with Gasteiger partial charge in [0.1, 0.15) is 5.82 Å². The van der Waals surface area contributed by atoms with Crippen LogP contribution >= 0.6 is 11.3 Å². The van der Waals surface area contributed by atoms with E-state index in [2.05, 4.69) is 16.3 Å². The molecule has 9 nitrogen and oxygen atoms in total. The summed E-state index contributed by atoms with van der Waals surface area (Å²) in [6, 6.07) is 14.4. The number of amides is 1. The van der Waals surface area contributed by atoms with E-state index in [4.69, 9.17) is 5.14 Å². The molecule has 1 amide bonds. The molecule has 4 aromatic rings. The summed E-state index contributed by atoms with van der Waals surface area (Å²) >= 11 is 1.12. The van der Waals surface area contributed by atoms with Crippen LogP contribution in [0.25, 0.3) is 10.2 Å². The highest BCUT2D eigenvalue weighted by Gasteiger charge is 2.16. The van der Waals surface area contributed by atoms with Crippen molar-refractivity contribution in [1.82, 2.24) is 4.57 Å². The second-order valence-electron chi connectivity index (χ2n) is 7.51. The van der Waals surface area contributed by atoms with E-state index in [1.165, 1.54) is 36.4 Å². The van der Waals surface area contributed by atoms with Gasteiger partial charge >= 0.3 is 0 Å². The van der Waals surface area contributed by atoms with E-state index in [9.17, 15) is 26.0 Å². The number of rotatable bonds is 7. The number of nitrogens with one attached hydrogen (secondary N) is 1. The van der Waals surface area contributed by atoms with E-state index in [0.717, 1.165) is 35.6 Å². The van der Waals surface area contributed by atoms with Crippen LogP contribution in [0.2, 0.25) is 0 Å². The van der Waals surface area contributed by atoms with Crippen LogP contribution in [0.5, 0.6) is 0 Å². The normalized spacial score (nSPS) is 12.6. The number of fused-ring (bicyclic) bond motifs is 1. The van der Waals surface area contributed by atoms with Crippen LogP contribution < -0.4 is 14.7 Å². The molecule has 4 rings (SSSR count). The summed E-state index contributed by atoms with van der Waals surface area (Å²) in [7, 11) is -7.84. The molecule has 0 saturated heterocycles. The molecule has 0 fully saturated rings. The van der Waals surface area contributed by atoms with E-state index in [-0.39, 0.29) is 21.0 Å². The average molecular weight is 547 g/mol. The number of nitrogens with zero attached hydrogens (tertiary/aromatic N) is 2. The molecular formula is C23H19FN4O5S3. The van der Waals surface area contributed by atoms with E-state index < -0.39 is 31.8 Å². The van der Waals surface area contributed by atoms with Crippen molar-refractivity contribution in [3.63, 3.8) is 0 Å². The fourth-order valence-electron chi connectivity index (χ4n) is 3.28. The third kappa shape index (κ3) is 5.44. The Hall–Kier alpha value is -3.65. The lowest BCUT2D eigenvalue weighted by Gasteiger charge is -2.08. The summed E-state index contributed by atoms with van der Waals surface area (Å²) in [6.07, 6.45) is 1.62. The SMILES string of the molecule is C=CCn1c(=NC(=O)c2ccc(NS(=O)(=O)c3ccc(F)cc3)cc2)sc2cc(S(N)(=O)=O)ccc21. The molecule has 0 saturated carbocycles. The zero-order chi connectivity index (χ0) is 26.1. The smallest absolute Gasteiger partial charge is 0.279 e. The number of hydrogen-bond acceptors (Lipinski definition) is 6. The monoisotopic (exact) mass is 546 g/mol. The van der Waals surface area contributed by atoms with Crippen molar-refractivity contribution in [3.05, 3.63) is 95.6 Å². The molecule has 0 bridgehead atoms. The Morgan fingerprint density at radius 2 is 1.67 bits per heavy atom. The van der Waals surface area contributed by atoms with E-state index in [1.807, 2.05) is 0 Å². The highest BCUT2D eigenvalue weighted by molar-refractivity contribution is 7.92. The number of carbonyl (C=O) groups is 1. The van der Waals surface area contributed by atoms with Crippen molar-refractivity contribution < 1.29 is 26.0 Å². The molecule has 1 aromatic heterocycles. The molecule has 13 heteroatoms. The molecule has 0 aliphatic rings. The summed E-state index contributed by atoms with van der Waals surface area (Å²) in [6.45, 7) is 4.03. The fraction of sp³-hybridized carbons (Fsp3) is 0.0435. The fourth-order valence-corrected chi connectivity index (χ4v) is 6.03. The van der Waals surface area contributed by atoms with Crippen LogP contribution in [-0.4, -0.2) is 27.3 Å². The van der Waals surface area contributed by atoms with Gasteiger partial charge in [0.05, 0.1) is 20.0 Å². The van der Waals surface area contributed by atoms with Gasteiger partial charge in [-0.1, -0.05) is 17.4 Å². The molecule has 0 atom stereocenters. The van der Waals surface area contributed by atoms with Gasteiger partial charge in [-0.3, -0.25) is 9.52 Å². The lowest BCUT2D eigenvalue weighted by atomic mass is 10.2. The van der Waals surface area contributed by atoms with Gasteiger partial charge in [-0.15, -0.1) is 6.58 Å². The van der Waals surface area contributed by atoms with E-state index >= 15 is 0 Å². The molecule has 0 unspecified atom stereocenters. The highest BCUT2D eigenvalue weighted by atomic mass is 32.2. The van der Waals surface area contributed by atoms with Gasteiger partial charge in [0, 0.05) is 17.8 Å². The highest BCUT2D eigenvalue weighted by Crippen LogP contribution is 2.22. The van der Waals surface area contributed by atoms with E-state index in [0.29, 0.717) is 21.6 Å². The summed E-state index contributed by atoms with van der Waals surface area (Å²) in [5, 5.41) is 5.22. The lowest BCUT2D eigenvalue weighted by Crippen LogP contribution is -2.16. The van der Waals surface area contributed by atoms with Gasteiger partial charge < -0.3 is 4.57 Å². The zero-order valence-corrected chi connectivity index (χ0v) is 20.9. The van der Waals surface area contributed by atoms with Gasteiger partial charge in [0.25, 0.3) is 15.9 Å². The maximum absolute atomic E-state index is 13.1. The Balaban J connectivity index is 1.63. The van der Waals surface area contributed by atoms with Crippen LogP contribution in [0, 0.1) is 5.82 Å². The van der Waals surface area contributed by atoms with Gasteiger partial charge in [-0.25, -0.2) is 26.4 Å². The van der Waals surface area contributed by atoms with Crippen molar-refractivity contribution in [2.24, 2.45) is 10.1 Å². The number of halogens is 1. The number of thiazole rings is 1. The first-order valence-electron chi connectivity index (χ1n) is 10.2. The number of aromatic nitrogens is 1. The lowest BCUT2D eigenvalue weighted by molar-refractivity contribution is 0.0998. The third-order valence-electron chi connectivity index (χ3n) is 5.00. The molecular weight excluding hydrogens is 527 g/mol. The minimum absolute atomic E-state index is 0.0569. The number of anilines is 1. The van der Waals surface area contributed by atoms with Crippen LogP contribution in [0.1, 0.15) is 10.4 Å². The maximum atomic E-state index is 13.1. The van der Waals surface area contributed by atoms with Gasteiger partial charge in [0.15, 0.2) is 4.80 Å². The predicted octanol–water partition coefficient (Wildman–Crippen LogP) is 3.22. The maximum Gasteiger partial charge on any atom is 0.279 e. The third-order valence-corrected chi connectivity index (χ3v) is 8.35. The Morgan fingerprint density at radius 3 is 2.28 bits per heavy atom. The Bertz CT molecular complexity index is 1760. The van der Waals surface area contributed by atoms with E-state index in [1.54, 1.807) is 16.7 Å². The molecule has 0 radical (unpaired) electrons. The average Bonchev–Trinajstić information content (AvgIpc) is 3.15. The molecule has 36 heavy (non-hydrogen) atoms. The Morgan fingerprint density at radius 1 is 1.03 bits per heavy atom. The predicted molar refractivity (Wildman–Crippen MR) is 135 cm³/mol. The number of benzene rings is 3. The van der Waals surface area contributed by atoms with Crippen molar-refractivity contribution >= 4 is 53.2 Å². The number of nitrogens with two attached hydrogens (primary N) is 1. The first kappa shape index (κ1) is 25.4. The van der Waals surface area contributed by atoms with Gasteiger partial charge in [-0.05, 0) is 66.7 Å². The quantitative estimate of drug-likeness (QED) is 0.343. The number of carbonyl (C=O) groups excluding carboxylic acids is 1. The Labute approximate surface area is 210 Å². The van der Waals surface area contributed by atoms with Crippen LogP contribution in [-0.2, 0) is 26.6 Å². The molecule has 0 aliphatic heterocycles. The number of primary sulfonamides is 1. The number of allylic oxidation sites excluding steroid dienone is 1. The second kappa shape index (κ2) is 9.78. The molecule has 3 aromatic carbocycles. The molecule has 1 heterocycles. The molecule has 186 valence electrons. The number of hydrogen-bond donors (Lipinski definition) is 2. The van der Waals surface area contributed by atoms with Gasteiger partial charge in [-0.2, -0.15) is 4.99 Å². The first-order chi connectivity index (χ1) is 17.0. The Kier molecular flexibility index (Phi) is 6.91. The summed E-state index contributed by atoms with van der Waals surface area (Å²) < 4.78 is 66.0. The molecule has 0 spiro atoms. The number of sulfonamides is 2. The summed E-state index contributed by atoms with van der Waals surface area (Å²) in [5.74, 6) is -1.14. The van der Waals surface area contributed by atoms with Crippen molar-refractivity contribution in [2.45, 2.75) is 16.3 Å². The van der Waals surface area contributed by atoms with Crippen LogP contribution in [0.15, 0.2) is 94.2 Å². The first-order valence-corrected chi connectivity index (χ1v) is 14.1. The minimum Gasteiger partial charge on any atom is -0.312 e. The van der Waals surface area contributed by atoms with Crippen molar-refractivity contribution in [1.29, 1.82) is 0 Å². The second-order valence-corrected chi connectivity index (χ2v) is 11.8.